The summed E-state index contributed by atoms with van der Waals surface area (Å²) in [5.74, 6) is 1.78. The molecule has 0 saturated heterocycles. The first-order chi connectivity index (χ1) is 11.5. The van der Waals surface area contributed by atoms with Gasteiger partial charge in [0.2, 0.25) is 0 Å². The van der Waals surface area contributed by atoms with Crippen LogP contribution in [-0.4, -0.2) is 19.6 Å². The number of anilines is 2. The normalized spacial score (nSPS) is 11.7. The fourth-order valence-electron chi connectivity index (χ4n) is 2.77. The second-order valence-corrected chi connectivity index (χ2v) is 6.35. The van der Waals surface area contributed by atoms with Gasteiger partial charge in [-0.1, -0.05) is 13.8 Å². The van der Waals surface area contributed by atoms with Crippen LogP contribution in [0.5, 0.6) is 0 Å². The topological polar surface area (TPSA) is 68.2 Å². The van der Waals surface area contributed by atoms with Crippen LogP contribution in [0.2, 0.25) is 0 Å². The molecule has 0 radical (unpaired) electrons. The first kappa shape index (κ1) is 14.7. The lowest BCUT2D eigenvalue weighted by atomic mass is 10.2. The third-order valence-corrected chi connectivity index (χ3v) is 3.90. The molecule has 0 aliphatic carbocycles. The molecular weight excluding hydrogens is 302 g/mol. The van der Waals surface area contributed by atoms with Crippen LogP contribution in [0.1, 0.15) is 37.0 Å². The molecular formula is C18H19N5O. The Hall–Kier alpha value is -2.89. The smallest absolute Gasteiger partial charge is 0.198 e. The van der Waals surface area contributed by atoms with Crippen molar-refractivity contribution in [1.29, 1.82) is 0 Å². The van der Waals surface area contributed by atoms with Crippen LogP contribution in [-0.2, 0) is 0 Å². The van der Waals surface area contributed by atoms with E-state index in [4.69, 9.17) is 4.42 Å². The van der Waals surface area contributed by atoms with Crippen molar-refractivity contribution in [3.8, 4) is 0 Å². The van der Waals surface area contributed by atoms with Crippen LogP contribution in [0, 0.1) is 13.8 Å². The van der Waals surface area contributed by atoms with Crippen molar-refractivity contribution in [2.45, 2.75) is 33.6 Å². The van der Waals surface area contributed by atoms with Gasteiger partial charge in [0.25, 0.3) is 0 Å². The van der Waals surface area contributed by atoms with Crippen molar-refractivity contribution in [3.05, 3.63) is 47.6 Å². The Morgan fingerprint density at radius 2 is 1.92 bits per heavy atom. The molecule has 24 heavy (non-hydrogen) atoms. The number of rotatable bonds is 3. The highest BCUT2D eigenvalue weighted by Gasteiger charge is 2.11. The van der Waals surface area contributed by atoms with E-state index in [1.807, 2.05) is 48.7 Å². The fourth-order valence-corrected chi connectivity index (χ4v) is 2.77. The zero-order valence-electron chi connectivity index (χ0n) is 14.2. The predicted molar refractivity (Wildman–Crippen MR) is 93.8 cm³/mol. The molecule has 6 nitrogen and oxygen atoms in total. The van der Waals surface area contributed by atoms with Gasteiger partial charge in [-0.15, -0.1) is 5.10 Å². The highest BCUT2D eigenvalue weighted by molar-refractivity contribution is 5.79. The molecule has 4 aromatic rings. The Labute approximate surface area is 139 Å². The van der Waals surface area contributed by atoms with E-state index in [9.17, 15) is 0 Å². The molecule has 4 rings (SSSR count). The van der Waals surface area contributed by atoms with Gasteiger partial charge in [0.15, 0.2) is 22.9 Å². The minimum atomic E-state index is 0.268. The molecule has 0 bridgehead atoms. The van der Waals surface area contributed by atoms with E-state index in [0.29, 0.717) is 0 Å². The highest BCUT2D eigenvalue weighted by Crippen LogP contribution is 2.25. The summed E-state index contributed by atoms with van der Waals surface area (Å²) in [6.45, 7) is 8.14. The Kier molecular flexibility index (Phi) is 3.26. The fraction of sp³-hybridized carbons (Fsp3) is 0.278. The molecule has 0 fully saturated rings. The van der Waals surface area contributed by atoms with Crippen LogP contribution in [0.3, 0.4) is 0 Å². The molecule has 3 heterocycles. The van der Waals surface area contributed by atoms with E-state index in [-0.39, 0.29) is 5.92 Å². The number of hydrogen-bond donors (Lipinski definition) is 1. The minimum Gasteiger partial charge on any atom is -0.440 e. The summed E-state index contributed by atoms with van der Waals surface area (Å²) in [4.78, 5) is 9.04. The second kappa shape index (κ2) is 5.33. The molecule has 1 aromatic carbocycles. The van der Waals surface area contributed by atoms with Gasteiger partial charge in [-0.05, 0) is 38.1 Å². The van der Waals surface area contributed by atoms with E-state index in [2.05, 4.69) is 34.2 Å². The monoisotopic (exact) mass is 321 g/mol. The van der Waals surface area contributed by atoms with E-state index < -0.39 is 0 Å². The predicted octanol–water partition coefficient (Wildman–Crippen LogP) is 4.35. The lowest BCUT2D eigenvalue weighted by molar-refractivity contribution is 0.501. The number of fused-ring (bicyclic) bond motifs is 2. The molecule has 122 valence electrons. The molecule has 0 aliphatic heterocycles. The first-order valence-corrected chi connectivity index (χ1v) is 8.01. The van der Waals surface area contributed by atoms with Crippen molar-refractivity contribution >= 4 is 28.3 Å². The second-order valence-electron chi connectivity index (χ2n) is 6.35. The van der Waals surface area contributed by atoms with Crippen LogP contribution in [0.4, 0.5) is 11.5 Å². The first-order valence-electron chi connectivity index (χ1n) is 8.01. The Balaban J connectivity index is 1.69. The Morgan fingerprint density at radius 3 is 2.71 bits per heavy atom. The summed E-state index contributed by atoms with van der Waals surface area (Å²) < 4.78 is 7.58. The van der Waals surface area contributed by atoms with Crippen LogP contribution in [0.25, 0.3) is 16.7 Å². The van der Waals surface area contributed by atoms with E-state index in [1.54, 1.807) is 0 Å². The summed E-state index contributed by atoms with van der Waals surface area (Å²) >= 11 is 0. The van der Waals surface area contributed by atoms with Crippen LogP contribution in [0.15, 0.2) is 34.7 Å². The molecule has 0 saturated carbocycles. The van der Waals surface area contributed by atoms with Crippen LogP contribution >= 0.6 is 0 Å². The van der Waals surface area contributed by atoms with Crippen molar-refractivity contribution in [3.63, 3.8) is 0 Å². The van der Waals surface area contributed by atoms with Gasteiger partial charge in [0.1, 0.15) is 5.52 Å². The maximum Gasteiger partial charge on any atom is 0.198 e. The van der Waals surface area contributed by atoms with Crippen molar-refractivity contribution in [2.75, 3.05) is 5.32 Å². The Morgan fingerprint density at radius 1 is 1.08 bits per heavy atom. The van der Waals surface area contributed by atoms with Gasteiger partial charge < -0.3 is 9.73 Å². The zero-order chi connectivity index (χ0) is 16.8. The van der Waals surface area contributed by atoms with Gasteiger partial charge in [-0.25, -0.2) is 14.5 Å². The number of benzene rings is 1. The van der Waals surface area contributed by atoms with Gasteiger partial charge in [0, 0.05) is 29.1 Å². The van der Waals surface area contributed by atoms with Crippen molar-refractivity contribution in [2.24, 2.45) is 0 Å². The summed E-state index contributed by atoms with van der Waals surface area (Å²) in [5, 5.41) is 7.88. The molecule has 0 atom stereocenters. The van der Waals surface area contributed by atoms with E-state index in [1.165, 1.54) is 0 Å². The Bertz CT molecular complexity index is 1040. The average molecular weight is 321 g/mol. The molecule has 1 N–H and O–H groups in total. The van der Waals surface area contributed by atoms with Gasteiger partial charge in [-0.2, -0.15) is 0 Å². The summed E-state index contributed by atoms with van der Waals surface area (Å²) in [6, 6.07) is 9.82. The highest BCUT2D eigenvalue weighted by atomic mass is 16.3. The number of oxazole rings is 1. The minimum absolute atomic E-state index is 0.268. The average Bonchev–Trinajstić information content (AvgIpc) is 3.10. The summed E-state index contributed by atoms with van der Waals surface area (Å²) in [5.41, 5.74) is 5.43. The molecule has 0 aliphatic rings. The number of aryl methyl sites for hydroxylation is 2. The van der Waals surface area contributed by atoms with Gasteiger partial charge in [0.05, 0.1) is 0 Å². The number of nitrogens with zero attached hydrogens (tertiary/aromatic N) is 4. The SMILES string of the molecule is Cc1cc(C)n2nc(Nc3ccc4oc(C(C)C)nc4c3)cc2n1. The number of aromatic nitrogens is 4. The summed E-state index contributed by atoms with van der Waals surface area (Å²) in [6.07, 6.45) is 0. The van der Waals surface area contributed by atoms with Gasteiger partial charge >= 0.3 is 0 Å². The molecule has 0 unspecified atom stereocenters. The zero-order valence-corrected chi connectivity index (χ0v) is 14.2. The lowest BCUT2D eigenvalue weighted by Crippen LogP contribution is -1.97. The number of hydrogen-bond acceptors (Lipinski definition) is 5. The summed E-state index contributed by atoms with van der Waals surface area (Å²) in [7, 11) is 0. The number of nitrogens with one attached hydrogen (secondary N) is 1. The maximum absolute atomic E-state index is 5.74. The van der Waals surface area contributed by atoms with Crippen molar-refractivity contribution < 1.29 is 4.42 Å². The van der Waals surface area contributed by atoms with Crippen LogP contribution < -0.4 is 5.32 Å². The largest absolute Gasteiger partial charge is 0.440 e. The maximum atomic E-state index is 5.74. The molecule has 0 amide bonds. The van der Waals surface area contributed by atoms with Crippen molar-refractivity contribution in [1.82, 2.24) is 19.6 Å². The molecule has 0 spiro atoms. The van der Waals surface area contributed by atoms with E-state index in [0.717, 1.165) is 45.5 Å². The third-order valence-electron chi connectivity index (χ3n) is 3.90. The van der Waals surface area contributed by atoms with E-state index >= 15 is 0 Å². The quantitative estimate of drug-likeness (QED) is 0.607. The van der Waals surface area contributed by atoms with Gasteiger partial charge in [-0.3, -0.25) is 0 Å². The third kappa shape index (κ3) is 2.50. The molecule has 3 aromatic heterocycles. The molecule has 6 heteroatoms. The lowest BCUT2D eigenvalue weighted by Gasteiger charge is -2.01. The standard InChI is InChI=1S/C18H19N5O/c1-10(2)18-21-14-8-13(5-6-15(14)24-18)20-16-9-17-19-11(3)7-12(4)23(17)22-16/h5-10H,1-4H3,(H,20,22).